The number of thioether (sulfide) groups is 1. The Balaban J connectivity index is 0.000000718. The van der Waals surface area contributed by atoms with Gasteiger partial charge in [0.1, 0.15) is 5.75 Å². The summed E-state index contributed by atoms with van der Waals surface area (Å²) in [6.07, 6.45) is -8.57. The molecule has 0 aliphatic heterocycles. The molecule has 1 aromatic carbocycles. The van der Waals surface area contributed by atoms with Crippen molar-refractivity contribution in [3.8, 4) is 5.75 Å². The van der Waals surface area contributed by atoms with Crippen molar-refractivity contribution in [3.63, 3.8) is 0 Å². The van der Waals surface area contributed by atoms with Gasteiger partial charge in [-0.2, -0.15) is 46.9 Å². The Hall–Kier alpha value is -0.930. The number of hydrogen-bond acceptors (Lipinski definition) is 6. The van der Waals surface area contributed by atoms with Crippen LogP contribution in [-0.2, 0) is 16.2 Å². The molecule has 1 aromatic heterocycles. The van der Waals surface area contributed by atoms with Gasteiger partial charge in [-0.15, -0.1) is 11.3 Å². The topological polar surface area (TPSA) is 92.8 Å². The van der Waals surface area contributed by atoms with E-state index in [-0.39, 0.29) is 23.2 Å². The van der Waals surface area contributed by atoms with Gasteiger partial charge in [-0.25, -0.2) is 0 Å². The van der Waals surface area contributed by atoms with Crippen LogP contribution < -0.4 is 10.5 Å². The van der Waals surface area contributed by atoms with Gasteiger partial charge in [0.15, 0.2) is 0 Å². The largest absolute Gasteiger partial charge is 0.492 e. The number of hydrogen-bond donors (Lipinski definition) is 3. The van der Waals surface area contributed by atoms with Crippen molar-refractivity contribution in [1.82, 2.24) is 0 Å². The smallest absolute Gasteiger partial charge is 0.470 e. The number of fused-ring (bicyclic) bond motifs is 1. The number of thiophene rings is 1. The minimum atomic E-state index is -4.86. The highest BCUT2D eigenvalue weighted by Gasteiger charge is 2.45. The molecule has 34 heavy (non-hydrogen) atoms. The second-order valence-electron chi connectivity index (χ2n) is 6.41. The Kier molecular flexibility index (Phi) is 11.3. The molecular formula is C17H17BrF8NO4PS2. The molecule has 0 bridgehead atoms. The highest BCUT2D eigenvalue weighted by atomic mass is 79.9. The quantitative estimate of drug-likeness (QED) is 0.174. The average Bonchev–Trinajstić information content (AvgIpc) is 3.02. The average molecular weight is 626 g/mol. The summed E-state index contributed by atoms with van der Waals surface area (Å²) in [4.78, 5) is 26.7. The van der Waals surface area contributed by atoms with E-state index in [0.717, 1.165) is 5.56 Å². The molecule has 4 N–H and O–H groups in total. The fourth-order valence-corrected chi connectivity index (χ4v) is 5.57. The van der Waals surface area contributed by atoms with E-state index in [1.54, 1.807) is 12.1 Å². The standard InChI is InChI=1S/C15H15BrF5O3PS2.C2H2F3NO/c1-26-7-8-5-9-11(16)13(15(20,21)25(22)23)27-12(9)10(6-8)24-4-2-3-14(17,18)19;3-2(4,5)1(6)7/h5-6,22-23H,2-4,7H2,1H3;(H2,6,7). The summed E-state index contributed by atoms with van der Waals surface area (Å²) in [5.74, 6) is -1.51. The first-order valence-electron chi connectivity index (χ1n) is 8.78. The molecule has 17 heteroatoms. The number of alkyl halides is 8. The van der Waals surface area contributed by atoms with Crippen molar-refractivity contribution in [3.05, 3.63) is 27.0 Å². The Labute approximate surface area is 205 Å². The zero-order chi connectivity index (χ0) is 26.5. The lowest BCUT2D eigenvalue weighted by Crippen LogP contribution is -2.30. The van der Waals surface area contributed by atoms with Crippen LogP contribution in [0.5, 0.6) is 5.75 Å². The molecule has 0 fully saturated rings. The van der Waals surface area contributed by atoms with Gasteiger partial charge in [0.2, 0.25) is 8.38 Å². The third-order valence-corrected chi connectivity index (χ3v) is 7.61. The van der Waals surface area contributed by atoms with Crippen molar-refractivity contribution in [2.45, 2.75) is 36.6 Å². The van der Waals surface area contributed by atoms with Crippen molar-refractivity contribution < 1.29 is 54.4 Å². The molecule has 2 rings (SSSR count). The number of primary amides is 1. The predicted octanol–water partition coefficient (Wildman–Crippen LogP) is 6.63. The second-order valence-corrected chi connectivity index (χ2v) is 10.2. The fraction of sp³-hybridized carbons (Fsp3) is 0.471. The number of benzene rings is 1. The van der Waals surface area contributed by atoms with E-state index < -0.39 is 43.6 Å². The van der Waals surface area contributed by atoms with Crippen LogP contribution in [0.3, 0.4) is 0 Å². The van der Waals surface area contributed by atoms with Gasteiger partial charge in [-0.3, -0.25) is 4.79 Å². The maximum absolute atomic E-state index is 14.1. The zero-order valence-electron chi connectivity index (χ0n) is 16.9. The van der Waals surface area contributed by atoms with Gasteiger partial charge in [0.05, 0.1) is 16.2 Å². The van der Waals surface area contributed by atoms with Crippen LogP contribution in [0, 0.1) is 0 Å². The molecular weight excluding hydrogens is 609 g/mol. The molecule has 0 aliphatic carbocycles. The first-order chi connectivity index (χ1) is 15.4. The summed E-state index contributed by atoms with van der Waals surface area (Å²) < 4.78 is 103. The van der Waals surface area contributed by atoms with Crippen LogP contribution in [0.1, 0.15) is 23.3 Å². The zero-order valence-corrected chi connectivity index (χ0v) is 21.1. The molecule has 2 aromatic rings. The summed E-state index contributed by atoms with van der Waals surface area (Å²) in [5.41, 5.74) is 0.717. The number of carbonyl (C=O) groups excluding carboxylic acids is 1. The molecule has 0 radical (unpaired) electrons. The molecule has 5 nitrogen and oxygen atoms in total. The molecule has 0 aliphatic rings. The second kappa shape index (κ2) is 12.3. The van der Waals surface area contributed by atoms with Gasteiger partial charge < -0.3 is 20.3 Å². The molecule has 0 spiro atoms. The van der Waals surface area contributed by atoms with Crippen LogP contribution in [0.25, 0.3) is 10.1 Å². The van der Waals surface area contributed by atoms with E-state index in [4.69, 9.17) is 19.3 Å². The maximum atomic E-state index is 14.1. The van der Waals surface area contributed by atoms with Crippen LogP contribution in [0.4, 0.5) is 35.1 Å². The molecule has 0 unspecified atom stereocenters. The highest BCUT2D eigenvalue weighted by Crippen LogP contribution is 2.58. The Morgan fingerprint density at radius 2 is 1.74 bits per heavy atom. The van der Waals surface area contributed by atoms with Crippen LogP contribution in [0.2, 0.25) is 0 Å². The monoisotopic (exact) mass is 625 g/mol. The summed E-state index contributed by atoms with van der Waals surface area (Å²) >= 11 is 5.20. The first-order valence-corrected chi connectivity index (χ1v) is 13.0. The SMILES string of the molecule is CSCc1cc(OCCCC(F)(F)F)c2sc(C(F)(F)P(O)O)c(Br)c2c1.NC(=O)C(F)(F)F. The Morgan fingerprint density at radius 1 is 1.18 bits per heavy atom. The molecule has 1 heterocycles. The van der Waals surface area contributed by atoms with E-state index in [9.17, 15) is 35.1 Å². The maximum Gasteiger partial charge on any atom is 0.470 e. The van der Waals surface area contributed by atoms with Crippen molar-refractivity contribution in [1.29, 1.82) is 0 Å². The van der Waals surface area contributed by atoms with Crippen LogP contribution in [0.15, 0.2) is 16.6 Å². The van der Waals surface area contributed by atoms with Crippen molar-refractivity contribution in [2.24, 2.45) is 5.73 Å². The minimum absolute atomic E-state index is 0.0196. The third kappa shape index (κ3) is 8.94. The third-order valence-electron chi connectivity index (χ3n) is 3.73. The van der Waals surface area contributed by atoms with Crippen molar-refractivity contribution >= 4 is 63.4 Å². The summed E-state index contributed by atoms with van der Waals surface area (Å²) in [7, 11) is -3.55. The molecule has 1 amide bonds. The number of rotatable bonds is 8. The normalized spacial score (nSPS) is 12.6. The van der Waals surface area contributed by atoms with E-state index in [0.29, 0.717) is 27.2 Å². The Bertz CT molecular complexity index is 985. The van der Waals surface area contributed by atoms with Crippen LogP contribution in [-0.4, -0.2) is 40.9 Å². The molecule has 0 saturated heterocycles. The Morgan fingerprint density at radius 3 is 2.18 bits per heavy atom. The number of amides is 1. The lowest BCUT2D eigenvalue weighted by atomic mass is 10.1. The fourth-order valence-electron chi connectivity index (χ4n) is 2.29. The van der Waals surface area contributed by atoms with E-state index in [2.05, 4.69) is 21.7 Å². The van der Waals surface area contributed by atoms with E-state index in [1.165, 1.54) is 11.8 Å². The van der Waals surface area contributed by atoms with Gasteiger partial charge in [-0.05, 0) is 46.3 Å². The summed E-state index contributed by atoms with van der Waals surface area (Å²) in [5, 5.41) is 0.392. The van der Waals surface area contributed by atoms with Crippen LogP contribution >= 0.6 is 47.4 Å². The first kappa shape index (κ1) is 31.1. The van der Waals surface area contributed by atoms with Gasteiger partial charge in [-0.1, -0.05) is 0 Å². The van der Waals surface area contributed by atoms with Crippen molar-refractivity contribution in [2.75, 3.05) is 12.9 Å². The van der Waals surface area contributed by atoms with E-state index in [1.807, 2.05) is 6.26 Å². The molecule has 194 valence electrons. The lowest BCUT2D eigenvalue weighted by molar-refractivity contribution is -0.169. The number of ether oxygens (including phenoxy) is 1. The predicted molar refractivity (Wildman–Crippen MR) is 118 cm³/mol. The summed E-state index contributed by atoms with van der Waals surface area (Å²) in [6.45, 7) is -0.217. The number of nitrogens with two attached hydrogens (primary N) is 1. The highest BCUT2D eigenvalue weighted by molar-refractivity contribution is 9.10. The minimum Gasteiger partial charge on any atom is -0.492 e. The van der Waals surface area contributed by atoms with Gasteiger partial charge >= 0.3 is 23.9 Å². The van der Waals surface area contributed by atoms with E-state index >= 15 is 0 Å². The number of halogens is 9. The number of carbonyl (C=O) groups is 1. The van der Waals surface area contributed by atoms with Gasteiger partial charge in [0, 0.05) is 22.0 Å². The summed E-state index contributed by atoms with van der Waals surface area (Å²) in [6, 6.07) is 3.28. The molecule has 0 saturated carbocycles. The lowest BCUT2D eigenvalue weighted by Gasteiger charge is -2.15. The molecule has 0 atom stereocenters. The van der Waals surface area contributed by atoms with Gasteiger partial charge in [0.25, 0.3) is 0 Å².